The maximum Gasteiger partial charge on any atom is 0.267 e. The molecule has 0 fully saturated rings. The van der Waals surface area contributed by atoms with Crippen LogP contribution in [0.3, 0.4) is 0 Å². The fourth-order valence-electron chi connectivity index (χ4n) is 4.60. The molecule has 7 heteroatoms. The first kappa shape index (κ1) is 24.1. The molecule has 1 heterocycles. The summed E-state index contributed by atoms with van der Waals surface area (Å²) in [6.07, 6.45) is 0.331. The summed E-state index contributed by atoms with van der Waals surface area (Å²) in [7, 11) is -3.96. The Morgan fingerprint density at radius 1 is 0.971 bits per heavy atom. The van der Waals surface area contributed by atoms with Gasteiger partial charge in [-0.3, -0.25) is 0 Å². The van der Waals surface area contributed by atoms with Gasteiger partial charge in [0.25, 0.3) is 10.0 Å². The van der Waals surface area contributed by atoms with Gasteiger partial charge in [-0.2, -0.15) is 0 Å². The molecule has 3 aromatic carbocycles. The molecule has 0 saturated heterocycles. The molecular weight excluding hydrogens is 453 g/mol. The minimum Gasteiger partial charge on any atom is -0.472 e. The molecule has 0 saturated carbocycles. The first-order valence-corrected chi connectivity index (χ1v) is 12.7. The third-order valence-corrected chi connectivity index (χ3v) is 8.00. The lowest BCUT2D eigenvalue weighted by atomic mass is 9.91. The van der Waals surface area contributed by atoms with E-state index in [2.05, 4.69) is 4.40 Å². The SMILES string of the molecule is CC1(C)OC(C[C@@H](CCO)c2ccccc2F)=NS(=O)(=O)C1c1ccc(-c2ccccc2)cc1. The van der Waals surface area contributed by atoms with Crippen molar-refractivity contribution in [3.63, 3.8) is 0 Å². The van der Waals surface area contributed by atoms with Crippen molar-refractivity contribution in [2.75, 3.05) is 6.61 Å². The van der Waals surface area contributed by atoms with Gasteiger partial charge in [-0.25, -0.2) is 12.8 Å². The van der Waals surface area contributed by atoms with Crippen molar-refractivity contribution in [1.82, 2.24) is 0 Å². The number of hydrogen-bond donors (Lipinski definition) is 1. The highest BCUT2D eigenvalue weighted by molar-refractivity contribution is 7.90. The van der Waals surface area contributed by atoms with Gasteiger partial charge in [-0.1, -0.05) is 72.8 Å². The van der Waals surface area contributed by atoms with Crippen molar-refractivity contribution in [3.8, 4) is 11.1 Å². The van der Waals surface area contributed by atoms with Crippen LogP contribution in [-0.2, 0) is 14.8 Å². The number of benzene rings is 3. The highest BCUT2D eigenvalue weighted by atomic mass is 32.2. The molecule has 4 rings (SSSR count). The second-order valence-electron chi connectivity index (χ2n) is 9.01. The number of aliphatic hydroxyl groups excluding tert-OH is 1. The Morgan fingerprint density at radius 3 is 2.21 bits per heavy atom. The summed E-state index contributed by atoms with van der Waals surface area (Å²) in [4.78, 5) is 0. The summed E-state index contributed by atoms with van der Waals surface area (Å²) in [5.41, 5.74) is 1.92. The van der Waals surface area contributed by atoms with E-state index in [4.69, 9.17) is 4.74 Å². The first-order chi connectivity index (χ1) is 16.2. The van der Waals surface area contributed by atoms with E-state index in [9.17, 15) is 17.9 Å². The van der Waals surface area contributed by atoms with Gasteiger partial charge in [0.05, 0.1) is 0 Å². The van der Waals surface area contributed by atoms with Crippen molar-refractivity contribution in [2.45, 2.75) is 43.5 Å². The molecule has 3 aromatic rings. The van der Waals surface area contributed by atoms with E-state index in [0.29, 0.717) is 11.1 Å². The van der Waals surface area contributed by atoms with Gasteiger partial charge in [-0.15, -0.1) is 4.40 Å². The lowest BCUT2D eigenvalue weighted by molar-refractivity contribution is 0.0797. The summed E-state index contributed by atoms with van der Waals surface area (Å²) in [6, 6.07) is 23.5. The van der Waals surface area contributed by atoms with Crippen LogP contribution in [0.1, 0.15) is 49.0 Å². The second kappa shape index (κ2) is 9.68. The minimum absolute atomic E-state index is 0.0314. The number of nitrogens with zero attached hydrogens (tertiary/aromatic N) is 1. The van der Waals surface area contributed by atoms with Gasteiger partial charge in [0, 0.05) is 13.0 Å². The fraction of sp³-hybridized carbons (Fsp3) is 0.296. The molecule has 34 heavy (non-hydrogen) atoms. The standard InChI is InChI=1S/C27H28FNO4S/c1-27(2)26(21-14-12-20(13-15-21)19-8-4-3-5-9-19)34(31,32)29-25(33-27)18-22(16-17-30)23-10-6-7-11-24(23)28/h3-15,22,26,30H,16-18H2,1-2H3/t22-,26?/m1/s1. The Balaban J connectivity index is 1.63. The molecule has 0 amide bonds. The summed E-state index contributed by atoms with van der Waals surface area (Å²) in [5.74, 6) is -0.836. The molecule has 1 unspecified atom stereocenters. The maximum atomic E-state index is 14.4. The number of hydrogen-bond acceptors (Lipinski definition) is 4. The zero-order chi connectivity index (χ0) is 24.3. The normalized spacial score (nSPS) is 19.6. The predicted molar refractivity (Wildman–Crippen MR) is 132 cm³/mol. The van der Waals surface area contributed by atoms with Crippen LogP contribution >= 0.6 is 0 Å². The van der Waals surface area contributed by atoms with Crippen molar-refractivity contribution in [2.24, 2.45) is 4.40 Å². The molecule has 0 spiro atoms. The number of rotatable bonds is 7. The summed E-state index contributed by atoms with van der Waals surface area (Å²) in [6.45, 7) is 3.27. The highest BCUT2D eigenvalue weighted by Crippen LogP contribution is 2.42. The second-order valence-corrected chi connectivity index (χ2v) is 10.7. The van der Waals surface area contributed by atoms with Gasteiger partial charge in [-0.05, 0) is 54.5 Å². The van der Waals surface area contributed by atoms with Crippen molar-refractivity contribution >= 4 is 15.9 Å². The van der Waals surface area contributed by atoms with Crippen LogP contribution in [0.4, 0.5) is 4.39 Å². The van der Waals surface area contributed by atoms with E-state index in [-0.39, 0.29) is 25.3 Å². The van der Waals surface area contributed by atoms with Gasteiger partial charge >= 0.3 is 0 Å². The zero-order valence-corrected chi connectivity index (χ0v) is 20.0. The monoisotopic (exact) mass is 481 g/mol. The van der Waals surface area contributed by atoms with Crippen LogP contribution < -0.4 is 0 Å². The average Bonchev–Trinajstić information content (AvgIpc) is 2.79. The molecule has 1 aliphatic heterocycles. The third kappa shape index (κ3) is 5.05. The lowest BCUT2D eigenvalue weighted by Crippen LogP contribution is -2.43. The Kier molecular flexibility index (Phi) is 6.86. The molecule has 0 aliphatic carbocycles. The molecule has 0 aromatic heterocycles. The number of ether oxygens (including phenoxy) is 1. The van der Waals surface area contributed by atoms with E-state index in [1.54, 1.807) is 44.2 Å². The van der Waals surface area contributed by atoms with E-state index in [0.717, 1.165) is 11.1 Å². The zero-order valence-electron chi connectivity index (χ0n) is 19.2. The smallest absolute Gasteiger partial charge is 0.267 e. The van der Waals surface area contributed by atoms with Gasteiger partial charge in [0.1, 0.15) is 16.7 Å². The molecular formula is C27H28FNO4S. The molecule has 1 aliphatic rings. The summed E-state index contributed by atoms with van der Waals surface area (Å²) >= 11 is 0. The summed E-state index contributed by atoms with van der Waals surface area (Å²) < 4.78 is 51.1. The average molecular weight is 482 g/mol. The third-order valence-electron chi connectivity index (χ3n) is 6.10. The van der Waals surface area contributed by atoms with Crippen molar-refractivity contribution in [3.05, 3.63) is 95.8 Å². The van der Waals surface area contributed by atoms with Gasteiger partial charge in [0.15, 0.2) is 0 Å². The number of aliphatic hydroxyl groups is 1. The van der Waals surface area contributed by atoms with Gasteiger partial charge in [0.2, 0.25) is 5.90 Å². The van der Waals surface area contributed by atoms with Crippen LogP contribution in [0.2, 0.25) is 0 Å². The molecule has 2 atom stereocenters. The largest absolute Gasteiger partial charge is 0.472 e. The predicted octanol–water partition coefficient (Wildman–Crippen LogP) is 5.63. The maximum absolute atomic E-state index is 14.4. The van der Waals surface area contributed by atoms with Crippen LogP contribution in [0, 0.1) is 5.82 Å². The highest BCUT2D eigenvalue weighted by Gasteiger charge is 2.47. The molecule has 1 N–H and O–H groups in total. The van der Waals surface area contributed by atoms with E-state index in [1.807, 2.05) is 42.5 Å². The van der Waals surface area contributed by atoms with E-state index < -0.39 is 32.6 Å². The van der Waals surface area contributed by atoms with Gasteiger partial charge < -0.3 is 9.84 Å². The molecule has 0 bridgehead atoms. The Hall–Kier alpha value is -3.03. The summed E-state index contributed by atoms with van der Waals surface area (Å²) in [5, 5.41) is 8.51. The number of halogens is 1. The van der Waals surface area contributed by atoms with Crippen LogP contribution in [0.15, 0.2) is 83.3 Å². The lowest BCUT2D eigenvalue weighted by Gasteiger charge is -2.38. The Labute approximate surface area is 200 Å². The van der Waals surface area contributed by atoms with Crippen LogP contribution in [-0.4, -0.2) is 31.6 Å². The quantitative estimate of drug-likeness (QED) is 0.475. The Bertz CT molecular complexity index is 1270. The minimum atomic E-state index is -3.96. The Morgan fingerprint density at radius 2 is 1.59 bits per heavy atom. The van der Waals surface area contributed by atoms with Crippen LogP contribution in [0.5, 0.6) is 0 Å². The first-order valence-electron chi connectivity index (χ1n) is 11.2. The molecule has 0 radical (unpaired) electrons. The van der Waals surface area contributed by atoms with E-state index >= 15 is 0 Å². The van der Waals surface area contributed by atoms with Crippen LogP contribution in [0.25, 0.3) is 11.1 Å². The van der Waals surface area contributed by atoms with Crippen molar-refractivity contribution in [1.29, 1.82) is 0 Å². The topological polar surface area (TPSA) is 76.0 Å². The van der Waals surface area contributed by atoms with E-state index in [1.165, 1.54) is 6.07 Å². The van der Waals surface area contributed by atoms with Crippen molar-refractivity contribution < 1.29 is 22.7 Å². The molecule has 5 nitrogen and oxygen atoms in total. The fourth-order valence-corrected chi connectivity index (χ4v) is 6.37. The number of sulfonamides is 1. The molecule has 178 valence electrons.